The Morgan fingerprint density at radius 2 is 1.71 bits per heavy atom. The summed E-state index contributed by atoms with van der Waals surface area (Å²) in [6.45, 7) is 4.94. The van der Waals surface area contributed by atoms with Crippen molar-refractivity contribution in [3.8, 4) is 0 Å². The first-order valence-corrected chi connectivity index (χ1v) is 4.07. The topological polar surface area (TPSA) is 80.3 Å². The van der Waals surface area contributed by atoms with Crippen molar-refractivity contribution in [2.75, 3.05) is 0 Å². The first kappa shape index (κ1) is 19.0. The van der Waals surface area contributed by atoms with Crippen molar-refractivity contribution >= 4 is 11.9 Å². The molecule has 5 heteroatoms. The van der Waals surface area contributed by atoms with Crippen LogP contribution in [-0.4, -0.2) is 11.9 Å². The van der Waals surface area contributed by atoms with Crippen LogP contribution in [0.15, 0.2) is 12.7 Å². The molecule has 0 aliphatic rings. The summed E-state index contributed by atoms with van der Waals surface area (Å²) in [5.74, 6) is -2.16. The summed E-state index contributed by atoms with van der Waals surface area (Å²) in [5.41, 5.74) is 0. The van der Waals surface area contributed by atoms with E-state index in [4.69, 9.17) is 9.90 Å². The van der Waals surface area contributed by atoms with E-state index in [0.29, 0.717) is 0 Å². The van der Waals surface area contributed by atoms with Gasteiger partial charge in [0.1, 0.15) is 0 Å². The third kappa shape index (κ3) is 30.2. The van der Waals surface area contributed by atoms with Crippen molar-refractivity contribution in [2.45, 2.75) is 32.6 Å². The maximum Gasteiger partial charge on any atom is 2.00 e. The average molecular weight is 252 g/mol. The summed E-state index contributed by atoms with van der Waals surface area (Å²) >= 11 is 0. The second-order valence-electron chi connectivity index (χ2n) is 2.35. The molecule has 4 nitrogen and oxygen atoms in total. The van der Waals surface area contributed by atoms with E-state index in [1.807, 2.05) is 6.92 Å². The van der Waals surface area contributed by atoms with Gasteiger partial charge in [-0.05, 0) is 18.9 Å². The molecule has 0 saturated carbocycles. The van der Waals surface area contributed by atoms with E-state index in [1.54, 1.807) is 0 Å². The van der Waals surface area contributed by atoms with Crippen LogP contribution >= 0.6 is 0 Å². The molecule has 0 aliphatic heterocycles. The summed E-state index contributed by atoms with van der Waals surface area (Å²) in [7, 11) is 0. The number of carbonyl (C=O) groups is 2. The van der Waals surface area contributed by atoms with Gasteiger partial charge in [0.25, 0.3) is 0 Å². The summed E-state index contributed by atoms with van der Waals surface area (Å²) in [5, 5.41) is 18.9. The normalized spacial score (nSPS) is 7.50. The predicted molar refractivity (Wildman–Crippen MR) is 44.4 cm³/mol. The van der Waals surface area contributed by atoms with Gasteiger partial charge in [-0.3, -0.25) is 0 Å². The van der Waals surface area contributed by atoms with Gasteiger partial charge in [0.2, 0.25) is 0 Å². The molecule has 0 bridgehead atoms. The average Bonchev–Trinajstić information content (AvgIpc) is 2.05. The van der Waals surface area contributed by atoms with Crippen LogP contribution in [0.4, 0.5) is 0 Å². The fraction of sp³-hybridized carbons (Fsp3) is 0.556. The molecule has 0 atom stereocenters. The van der Waals surface area contributed by atoms with Gasteiger partial charge in [-0.25, -0.2) is 0 Å². The third-order valence-corrected chi connectivity index (χ3v) is 1.15. The second-order valence-corrected chi connectivity index (χ2v) is 2.35. The number of carboxylic acids is 2. The molecule has 0 aromatic carbocycles. The summed E-state index contributed by atoms with van der Waals surface area (Å²) in [4.78, 5) is 18.9. The van der Waals surface area contributed by atoms with Crippen LogP contribution in [0.1, 0.15) is 32.6 Å². The minimum absolute atomic E-state index is 0. The van der Waals surface area contributed by atoms with Crippen LogP contribution in [0.2, 0.25) is 0 Å². The summed E-state index contributed by atoms with van der Waals surface area (Å²) in [6, 6.07) is 0. The van der Waals surface area contributed by atoms with Crippen LogP contribution in [0.3, 0.4) is 0 Å². The van der Waals surface area contributed by atoms with Crippen molar-refractivity contribution < 1.29 is 39.3 Å². The van der Waals surface area contributed by atoms with Crippen LogP contribution < -0.4 is 10.2 Å². The molecule has 0 aromatic heterocycles. The standard InChI is InChI=1S/C6H12O2.C3H4O2.Zn/c1-2-3-4-5-6(7)8;1-2-3(4)5;/h2-5H2,1H3,(H,7,8);2H,1H2,(H,4,5);/q;;+2/p-2. The molecule has 0 unspecified atom stereocenters. The van der Waals surface area contributed by atoms with Crippen molar-refractivity contribution in [3.63, 3.8) is 0 Å². The SMILES string of the molecule is C=CC(=O)[O-].CCCCCC(=O)[O-].[Zn+2]. The Hall–Kier alpha value is -0.697. The number of hydrogen-bond acceptors (Lipinski definition) is 4. The molecule has 0 amide bonds. The molecule has 0 rings (SSSR count). The van der Waals surface area contributed by atoms with Crippen LogP contribution in [0, 0.1) is 0 Å². The van der Waals surface area contributed by atoms with E-state index < -0.39 is 11.9 Å². The molecule has 0 aromatic rings. The van der Waals surface area contributed by atoms with E-state index >= 15 is 0 Å². The van der Waals surface area contributed by atoms with E-state index in [9.17, 15) is 9.90 Å². The largest absolute Gasteiger partial charge is 2.00 e. The maximum absolute atomic E-state index is 9.76. The van der Waals surface area contributed by atoms with Gasteiger partial charge in [-0.2, -0.15) is 0 Å². The van der Waals surface area contributed by atoms with Crippen molar-refractivity contribution in [1.29, 1.82) is 0 Å². The first-order chi connectivity index (χ1) is 6.04. The van der Waals surface area contributed by atoms with Crippen LogP contribution in [0.5, 0.6) is 0 Å². The van der Waals surface area contributed by atoms with Gasteiger partial charge in [-0.15, -0.1) is 0 Å². The van der Waals surface area contributed by atoms with Gasteiger partial charge >= 0.3 is 19.5 Å². The predicted octanol–water partition coefficient (Wildman–Crippen LogP) is -0.764. The van der Waals surface area contributed by atoms with Crippen LogP contribution in [-0.2, 0) is 29.1 Å². The fourth-order valence-corrected chi connectivity index (χ4v) is 0.519. The van der Waals surface area contributed by atoms with Gasteiger partial charge in [0.05, 0.1) is 5.97 Å². The van der Waals surface area contributed by atoms with Gasteiger partial charge in [0, 0.05) is 5.97 Å². The Labute approximate surface area is 96.8 Å². The van der Waals surface area contributed by atoms with Crippen LogP contribution in [0.25, 0.3) is 0 Å². The Morgan fingerprint density at radius 3 is 1.93 bits per heavy atom. The van der Waals surface area contributed by atoms with Crippen molar-refractivity contribution in [2.24, 2.45) is 0 Å². The number of carbonyl (C=O) groups excluding carboxylic acids is 2. The molecular formula is C9H14O4Zn. The summed E-state index contributed by atoms with van der Waals surface area (Å²) < 4.78 is 0. The molecule has 0 spiro atoms. The number of aliphatic carboxylic acids is 2. The third-order valence-electron chi connectivity index (χ3n) is 1.15. The molecule has 14 heavy (non-hydrogen) atoms. The maximum atomic E-state index is 9.76. The number of hydrogen-bond donors (Lipinski definition) is 0. The number of unbranched alkanes of at least 4 members (excludes halogenated alkanes) is 2. The van der Waals surface area contributed by atoms with E-state index in [1.165, 1.54) is 0 Å². The quantitative estimate of drug-likeness (QED) is 0.365. The monoisotopic (exact) mass is 250 g/mol. The van der Waals surface area contributed by atoms with Crippen molar-refractivity contribution in [1.82, 2.24) is 0 Å². The molecular weight excluding hydrogens is 237 g/mol. The fourth-order valence-electron chi connectivity index (χ4n) is 0.519. The Kier molecular flexibility index (Phi) is 20.1. The molecule has 0 saturated heterocycles. The van der Waals surface area contributed by atoms with Crippen molar-refractivity contribution in [3.05, 3.63) is 12.7 Å². The van der Waals surface area contributed by atoms with Gasteiger partial charge < -0.3 is 19.8 Å². The molecule has 76 valence electrons. The summed E-state index contributed by atoms with van der Waals surface area (Å²) in [6.07, 6.45) is 3.76. The first-order valence-electron chi connectivity index (χ1n) is 4.07. The minimum Gasteiger partial charge on any atom is -0.550 e. The van der Waals surface area contributed by atoms with Gasteiger partial charge in [-0.1, -0.05) is 26.3 Å². The van der Waals surface area contributed by atoms with Gasteiger partial charge in [0.15, 0.2) is 0 Å². The molecule has 0 radical (unpaired) electrons. The molecule has 0 aliphatic carbocycles. The second kappa shape index (κ2) is 14.8. The van der Waals surface area contributed by atoms with E-state index in [2.05, 4.69) is 6.58 Å². The smallest absolute Gasteiger partial charge is 0.550 e. The number of carboxylic acid groups (broad SMARTS) is 2. The zero-order chi connectivity index (χ0) is 10.7. The number of rotatable bonds is 5. The Bertz CT molecular complexity index is 168. The zero-order valence-corrected chi connectivity index (χ0v) is 11.4. The molecule has 0 N–H and O–H groups in total. The van der Waals surface area contributed by atoms with E-state index in [0.717, 1.165) is 25.3 Å². The Balaban J connectivity index is -0.000000177. The Morgan fingerprint density at radius 1 is 1.29 bits per heavy atom. The minimum atomic E-state index is -1.23. The molecule has 0 fully saturated rings. The zero-order valence-electron chi connectivity index (χ0n) is 8.45. The van der Waals surface area contributed by atoms with E-state index in [-0.39, 0.29) is 25.9 Å². The molecule has 0 heterocycles.